The minimum atomic E-state index is -0.209. The Labute approximate surface area is 114 Å². The van der Waals surface area contributed by atoms with Gasteiger partial charge >= 0.3 is 0 Å². The molecule has 0 spiro atoms. The number of ether oxygens (including phenoxy) is 1. The molecule has 0 atom stereocenters. The molecule has 0 saturated carbocycles. The molecule has 1 N–H and O–H groups in total. The van der Waals surface area contributed by atoms with Crippen molar-refractivity contribution in [2.75, 3.05) is 13.2 Å². The zero-order chi connectivity index (χ0) is 14.3. The molecule has 0 aliphatic carbocycles. The Bertz CT molecular complexity index is 470. The largest absolute Gasteiger partial charge is 0.483 e. The van der Waals surface area contributed by atoms with Crippen molar-refractivity contribution in [3.63, 3.8) is 0 Å². The minimum absolute atomic E-state index is 0.0292. The number of rotatable bonds is 5. The number of para-hydroxylation sites is 1. The quantitative estimate of drug-likeness (QED) is 0.827. The Morgan fingerprint density at radius 3 is 2.68 bits per heavy atom. The lowest BCUT2D eigenvalue weighted by atomic mass is 9.86. The second kappa shape index (κ2) is 6.79. The van der Waals surface area contributed by atoms with Crippen molar-refractivity contribution >= 4 is 5.91 Å². The maximum Gasteiger partial charge on any atom is 0.257 e. The molecule has 0 saturated heterocycles. The standard InChI is InChI=1S/C15H20N2O2/c1-15(2,3)12-7-4-5-8-13(12)19-11-14(18)17-10-6-9-16/h4-5,7-8H,6,10-11H2,1-3H3,(H,17,18). The van der Waals surface area contributed by atoms with Gasteiger partial charge in [-0.2, -0.15) is 5.26 Å². The van der Waals surface area contributed by atoms with Crippen LogP contribution in [0, 0.1) is 11.3 Å². The van der Waals surface area contributed by atoms with Gasteiger partial charge in [-0.25, -0.2) is 0 Å². The molecule has 0 radical (unpaired) electrons. The lowest BCUT2D eigenvalue weighted by Crippen LogP contribution is -2.30. The van der Waals surface area contributed by atoms with Crippen molar-refractivity contribution in [1.29, 1.82) is 5.26 Å². The number of hydrogen-bond donors (Lipinski definition) is 1. The van der Waals surface area contributed by atoms with Gasteiger partial charge in [-0.3, -0.25) is 4.79 Å². The lowest BCUT2D eigenvalue weighted by molar-refractivity contribution is -0.123. The average molecular weight is 260 g/mol. The maximum atomic E-state index is 11.5. The highest BCUT2D eigenvalue weighted by molar-refractivity contribution is 5.77. The van der Waals surface area contributed by atoms with Gasteiger partial charge in [0.25, 0.3) is 5.91 Å². The molecule has 0 aliphatic rings. The van der Waals surface area contributed by atoms with Crippen molar-refractivity contribution in [1.82, 2.24) is 5.32 Å². The first-order valence-corrected chi connectivity index (χ1v) is 6.31. The summed E-state index contributed by atoms with van der Waals surface area (Å²) in [5, 5.41) is 11.0. The zero-order valence-corrected chi connectivity index (χ0v) is 11.7. The summed E-state index contributed by atoms with van der Waals surface area (Å²) in [6.45, 7) is 6.63. The third kappa shape index (κ3) is 5.01. The number of hydrogen-bond acceptors (Lipinski definition) is 3. The third-order valence-electron chi connectivity index (χ3n) is 2.61. The van der Waals surface area contributed by atoms with E-state index in [0.29, 0.717) is 13.0 Å². The van der Waals surface area contributed by atoms with E-state index >= 15 is 0 Å². The van der Waals surface area contributed by atoms with E-state index in [-0.39, 0.29) is 17.9 Å². The van der Waals surface area contributed by atoms with E-state index in [1.54, 1.807) is 0 Å². The number of nitrogens with zero attached hydrogens (tertiary/aromatic N) is 1. The molecule has 0 heterocycles. The summed E-state index contributed by atoms with van der Waals surface area (Å²) in [5.74, 6) is 0.518. The fraction of sp³-hybridized carbons (Fsp3) is 0.467. The van der Waals surface area contributed by atoms with Crippen molar-refractivity contribution in [2.45, 2.75) is 32.6 Å². The number of carbonyl (C=O) groups excluding carboxylic acids is 1. The molecule has 4 heteroatoms. The van der Waals surface area contributed by atoms with E-state index in [9.17, 15) is 4.79 Å². The molecule has 102 valence electrons. The van der Waals surface area contributed by atoms with Crippen molar-refractivity contribution in [3.05, 3.63) is 29.8 Å². The van der Waals surface area contributed by atoms with Gasteiger partial charge in [0.05, 0.1) is 12.5 Å². The highest BCUT2D eigenvalue weighted by atomic mass is 16.5. The van der Waals surface area contributed by atoms with E-state index in [0.717, 1.165) is 11.3 Å². The molecule has 0 aromatic heterocycles. The number of benzene rings is 1. The Kier molecular flexibility index (Phi) is 5.37. The summed E-state index contributed by atoms with van der Waals surface area (Å²) in [5.41, 5.74) is 1.04. The topological polar surface area (TPSA) is 62.1 Å². The Morgan fingerprint density at radius 2 is 2.05 bits per heavy atom. The monoisotopic (exact) mass is 260 g/mol. The SMILES string of the molecule is CC(C)(C)c1ccccc1OCC(=O)NCCC#N. The van der Waals surface area contributed by atoms with Crippen molar-refractivity contribution in [3.8, 4) is 11.8 Å². The number of amides is 1. The molecule has 1 amide bonds. The summed E-state index contributed by atoms with van der Waals surface area (Å²) in [7, 11) is 0. The van der Waals surface area contributed by atoms with Gasteiger partial charge in [0, 0.05) is 6.54 Å². The fourth-order valence-corrected chi connectivity index (χ4v) is 1.66. The highest BCUT2D eigenvalue weighted by Gasteiger charge is 2.18. The van der Waals surface area contributed by atoms with E-state index in [1.165, 1.54) is 0 Å². The average Bonchev–Trinajstić information content (AvgIpc) is 2.36. The van der Waals surface area contributed by atoms with E-state index in [1.807, 2.05) is 30.3 Å². The van der Waals surface area contributed by atoms with Gasteiger partial charge in [-0.1, -0.05) is 39.0 Å². The number of carbonyl (C=O) groups is 1. The molecule has 19 heavy (non-hydrogen) atoms. The van der Waals surface area contributed by atoms with Crippen molar-refractivity contribution < 1.29 is 9.53 Å². The van der Waals surface area contributed by atoms with E-state index in [2.05, 4.69) is 26.1 Å². The molecule has 1 rings (SSSR count). The van der Waals surface area contributed by atoms with Crippen LogP contribution in [0.1, 0.15) is 32.8 Å². The van der Waals surface area contributed by atoms with Crippen LogP contribution in [0.25, 0.3) is 0 Å². The first-order valence-electron chi connectivity index (χ1n) is 6.31. The van der Waals surface area contributed by atoms with Crippen LogP contribution >= 0.6 is 0 Å². The Morgan fingerprint density at radius 1 is 1.37 bits per heavy atom. The fourth-order valence-electron chi connectivity index (χ4n) is 1.66. The lowest BCUT2D eigenvalue weighted by Gasteiger charge is -2.22. The summed E-state index contributed by atoms with van der Waals surface area (Å²) in [6.07, 6.45) is 0.310. The summed E-state index contributed by atoms with van der Waals surface area (Å²) >= 11 is 0. The Hall–Kier alpha value is -2.02. The zero-order valence-electron chi connectivity index (χ0n) is 11.7. The van der Waals surface area contributed by atoms with Crippen LogP contribution < -0.4 is 10.1 Å². The van der Waals surface area contributed by atoms with Crippen LogP contribution in [0.2, 0.25) is 0 Å². The predicted molar refractivity (Wildman–Crippen MR) is 73.9 cm³/mol. The smallest absolute Gasteiger partial charge is 0.257 e. The minimum Gasteiger partial charge on any atom is -0.483 e. The molecular weight excluding hydrogens is 240 g/mol. The number of nitriles is 1. The van der Waals surface area contributed by atoms with Crippen LogP contribution in [0.5, 0.6) is 5.75 Å². The van der Waals surface area contributed by atoms with Crippen LogP contribution in [0.3, 0.4) is 0 Å². The molecule has 0 bridgehead atoms. The summed E-state index contributed by atoms with van der Waals surface area (Å²) < 4.78 is 5.56. The first-order chi connectivity index (χ1) is 8.95. The molecule has 1 aromatic rings. The molecule has 1 aromatic carbocycles. The second-order valence-electron chi connectivity index (χ2n) is 5.29. The normalized spacial score (nSPS) is 10.6. The molecule has 0 fully saturated rings. The predicted octanol–water partition coefficient (Wildman–Crippen LogP) is 2.39. The van der Waals surface area contributed by atoms with Gasteiger partial charge in [-0.15, -0.1) is 0 Å². The second-order valence-corrected chi connectivity index (χ2v) is 5.29. The van der Waals surface area contributed by atoms with Gasteiger partial charge in [0.2, 0.25) is 0 Å². The summed E-state index contributed by atoms with van der Waals surface area (Å²) in [4.78, 5) is 11.5. The van der Waals surface area contributed by atoms with Crippen LogP contribution in [-0.2, 0) is 10.2 Å². The first kappa shape index (κ1) is 15.0. The molecule has 4 nitrogen and oxygen atoms in total. The van der Waals surface area contributed by atoms with Crippen LogP contribution in [-0.4, -0.2) is 19.1 Å². The van der Waals surface area contributed by atoms with Crippen LogP contribution in [0.4, 0.5) is 0 Å². The Balaban J connectivity index is 2.59. The van der Waals surface area contributed by atoms with Gasteiger partial charge in [0.15, 0.2) is 6.61 Å². The van der Waals surface area contributed by atoms with Crippen LogP contribution in [0.15, 0.2) is 24.3 Å². The third-order valence-corrected chi connectivity index (χ3v) is 2.61. The van der Waals surface area contributed by atoms with E-state index in [4.69, 9.17) is 10.00 Å². The van der Waals surface area contributed by atoms with Gasteiger partial charge < -0.3 is 10.1 Å². The summed E-state index contributed by atoms with van der Waals surface area (Å²) in [6, 6.07) is 9.68. The number of nitrogens with one attached hydrogen (secondary N) is 1. The maximum absolute atomic E-state index is 11.5. The van der Waals surface area contributed by atoms with E-state index < -0.39 is 0 Å². The molecular formula is C15H20N2O2. The molecule has 0 unspecified atom stereocenters. The highest BCUT2D eigenvalue weighted by Crippen LogP contribution is 2.30. The van der Waals surface area contributed by atoms with Gasteiger partial charge in [0.1, 0.15) is 5.75 Å². The van der Waals surface area contributed by atoms with Crippen molar-refractivity contribution in [2.24, 2.45) is 0 Å². The molecule has 0 aliphatic heterocycles. The van der Waals surface area contributed by atoms with Gasteiger partial charge in [-0.05, 0) is 17.0 Å².